The van der Waals surface area contributed by atoms with Gasteiger partial charge in [0.1, 0.15) is 12.6 Å². The van der Waals surface area contributed by atoms with Crippen molar-refractivity contribution in [1.29, 1.82) is 0 Å². The molecule has 39 heavy (non-hydrogen) atoms. The SMILES string of the molecule is CCOC(=O)C1=C(C)N=c2s/c(=C\c3cccc(OC)c3OCc3cccc(Cl)c3)c(=O)n2[C@@H]1c1cccs1. The van der Waals surface area contributed by atoms with E-state index in [1.54, 1.807) is 43.7 Å². The fourth-order valence-electron chi connectivity index (χ4n) is 4.39. The first kappa shape index (κ1) is 26.9. The molecule has 0 amide bonds. The number of esters is 1. The highest BCUT2D eigenvalue weighted by molar-refractivity contribution is 7.10. The van der Waals surface area contributed by atoms with Gasteiger partial charge in [0.25, 0.3) is 5.56 Å². The third-order valence-electron chi connectivity index (χ3n) is 6.12. The van der Waals surface area contributed by atoms with Gasteiger partial charge in [0.2, 0.25) is 0 Å². The monoisotopic (exact) mass is 580 g/mol. The molecule has 0 bridgehead atoms. The number of thiophene rings is 1. The summed E-state index contributed by atoms with van der Waals surface area (Å²) >= 11 is 8.87. The molecule has 0 spiro atoms. The van der Waals surface area contributed by atoms with Crippen LogP contribution in [-0.2, 0) is 16.1 Å². The van der Waals surface area contributed by atoms with Crippen LogP contribution >= 0.6 is 34.3 Å². The highest BCUT2D eigenvalue weighted by atomic mass is 35.5. The number of hydrogen-bond acceptors (Lipinski definition) is 8. The van der Waals surface area contributed by atoms with Crippen LogP contribution in [-0.4, -0.2) is 24.3 Å². The highest BCUT2D eigenvalue weighted by Gasteiger charge is 2.33. The molecule has 1 aliphatic rings. The van der Waals surface area contributed by atoms with Crippen LogP contribution in [0.15, 0.2) is 81.0 Å². The van der Waals surface area contributed by atoms with Crippen molar-refractivity contribution in [3.63, 3.8) is 0 Å². The largest absolute Gasteiger partial charge is 0.493 e. The Morgan fingerprint density at radius 1 is 1.18 bits per heavy atom. The maximum Gasteiger partial charge on any atom is 0.338 e. The summed E-state index contributed by atoms with van der Waals surface area (Å²) in [4.78, 5) is 32.8. The number of allylic oxidation sites excluding steroid dienone is 1. The van der Waals surface area contributed by atoms with Crippen LogP contribution in [0.4, 0.5) is 0 Å². The van der Waals surface area contributed by atoms with Gasteiger partial charge in [0.05, 0.1) is 29.5 Å². The summed E-state index contributed by atoms with van der Waals surface area (Å²) in [5, 5.41) is 2.54. The maximum atomic E-state index is 13.9. The van der Waals surface area contributed by atoms with Gasteiger partial charge < -0.3 is 14.2 Å². The van der Waals surface area contributed by atoms with Gasteiger partial charge in [-0.2, -0.15) is 0 Å². The normalized spacial score (nSPS) is 15.1. The number of benzene rings is 2. The number of ether oxygens (including phenoxy) is 3. The molecule has 0 aliphatic carbocycles. The number of nitrogens with zero attached hydrogens (tertiary/aromatic N) is 2. The molecule has 0 fully saturated rings. The summed E-state index contributed by atoms with van der Waals surface area (Å²) in [6.07, 6.45) is 1.77. The lowest BCUT2D eigenvalue weighted by molar-refractivity contribution is -0.139. The maximum absolute atomic E-state index is 13.9. The molecule has 0 saturated carbocycles. The summed E-state index contributed by atoms with van der Waals surface area (Å²) in [5.41, 5.74) is 2.22. The van der Waals surface area contributed by atoms with Crippen LogP contribution in [0.25, 0.3) is 6.08 Å². The van der Waals surface area contributed by atoms with E-state index in [1.165, 1.54) is 22.7 Å². The molecule has 4 aromatic rings. The van der Waals surface area contributed by atoms with Crippen molar-refractivity contribution in [2.45, 2.75) is 26.5 Å². The lowest BCUT2D eigenvalue weighted by Crippen LogP contribution is -2.39. The fourth-order valence-corrected chi connectivity index (χ4v) is 6.47. The standard InChI is InChI=1S/C29H25ClN2O5S2/c1-4-36-28(34)24-17(2)31-29-32(25(24)22-12-7-13-38-22)27(33)23(39-29)15-19-9-6-11-21(35-3)26(19)37-16-18-8-5-10-20(30)14-18/h5-15,25H,4,16H2,1-3H3/b23-15-/t25-/m1/s1. The predicted molar refractivity (Wildman–Crippen MR) is 153 cm³/mol. The van der Waals surface area contributed by atoms with E-state index in [-0.39, 0.29) is 18.8 Å². The Morgan fingerprint density at radius 2 is 2.00 bits per heavy atom. The molecule has 0 N–H and O–H groups in total. The number of para-hydroxylation sites is 1. The van der Waals surface area contributed by atoms with Crippen molar-refractivity contribution in [1.82, 2.24) is 4.57 Å². The third-order valence-corrected chi connectivity index (χ3v) is 8.26. The first-order valence-corrected chi connectivity index (χ1v) is 14.3. The quantitative estimate of drug-likeness (QED) is 0.271. The van der Waals surface area contributed by atoms with Crippen molar-refractivity contribution < 1.29 is 19.0 Å². The van der Waals surface area contributed by atoms with E-state index < -0.39 is 12.0 Å². The summed E-state index contributed by atoms with van der Waals surface area (Å²) in [6, 6.07) is 16.1. The van der Waals surface area contributed by atoms with Gasteiger partial charge in [0.15, 0.2) is 16.3 Å². The summed E-state index contributed by atoms with van der Waals surface area (Å²) < 4.78 is 19.1. The lowest BCUT2D eigenvalue weighted by atomic mass is 10.0. The number of hydrogen-bond donors (Lipinski definition) is 0. The molecular weight excluding hydrogens is 556 g/mol. The van der Waals surface area contributed by atoms with Crippen molar-refractivity contribution in [2.75, 3.05) is 13.7 Å². The number of carbonyl (C=O) groups excluding carboxylic acids is 1. The van der Waals surface area contributed by atoms with Crippen LogP contribution in [0.2, 0.25) is 5.02 Å². The topological polar surface area (TPSA) is 79.1 Å². The minimum Gasteiger partial charge on any atom is -0.493 e. The van der Waals surface area contributed by atoms with E-state index in [4.69, 9.17) is 25.8 Å². The Bertz CT molecular complexity index is 1740. The third kappa shape index (κ3) is 5.43. The Morgan fingerprint density at radius 3 is 2.72 bits per heavy atom. The van der Waals surface area contributed by atoms with Crippen molar-refractivity contribution in [3.05, 3.63) is 112 Å². The molecule has 5 rings (SSSR count). The van der Waals surface area contributed by atoms with Crippen molar-refractivity contribution in [3.8, 4) is 11.5 Å². The van der Waals surface area contributed by atoms with E-state index in [9.17, 15) is 9.59 Å². The smallest absolute Gasteiger partial charge is 0.338 e. The van der Waals surface area contributed by atoms with Crippen molar-refractivity contribution >= 4 is 46.3 Å². The zero-order valence-corrected chi connectivity index (χ0v) is 23.9. The number of halogens is 1. The zero-order chi connectivity index (χ0) is 27.5. The summed E-state index contributed by atoms with van der Waals surface area (Å²) in [5.74, 6) is 0.565. The second-order valence-electron chi connectivity index (χ2n) is 8.61. The van der Waals surface area contributed by atoms with Crippen LogP contribution in [0.3, 0.4) is 0 Å². The Balaban J connectivity index is 1.62. The van der Waals surface area contributed by atoms with Gasteiger partial charge in [-0.3, -0.25) is 9.36 Å². The van der Waals surface area contributed by atoms with Gasteiger partial charge >= 0.3 is 5.97 Å². The molecule has 2 aromatic heterocycles. The van der Waals surface area contributed by atoms with Gasteiger partial charge in [-0.25, -0.2) is 9.79 Å². The average Bonchev–Trinajstić information content (AvgIpc) is 3.55. The van der Waals surface area contributed by atoms with Crippen LogP contribution in [0.1, 0.15) is 35.9 Å². The molecule has 2 aromatic carbocycles. The minimum absolute atomic E-state index is 0.227. The first-order valence-electron chi connectivity index (χ1n) is 12.2. The fraction of sp³-hybridized carbons (Fsp3) is 0.207. The van der Waals surface area contributed by atoms with Gasteiger partial charge in [-0.15, -0.1) is 11.3 Å². The number of fused-ring (bicyclic) bond motifs is 1. The van der Waals surface area contributed by atoms with Crippen LogP contribution < -0.4 is 24.4 Å². The molecular formula is C29H25ClN2O5S2. The van der Waals surface area contributed by atoms with E-state index in [0.29, 0.717) is 42.7 Å². The minimum atomic E-state index is -0.619. The van der Waals surface area contributed by atoms with E-state index >= 15 is 0 Å². The first-order chi connectivity index (χ1) is 18.9. The summed E-state index contributed by atoms with van der Waals surface area (Å²) in [6.45, 7) is 4.02. The van der Waals surface area contributed by atoms with E-state index in [1.807, 2.05) is 47.8 Å². The van der Waals surface area contributed by atoms with Crippen LogP contribution in [0.5, 0.6) is 11.5 Å². The van der Waals surface area contributed by atoms with Gasteiger partial charge in [0, 0.05) is 15.5 Å². The van der Waals surface area contributed by atoms with Gasteiger partial charge in [-0.1, -0.05) is 53.3 Å². The average molecular weight is 581 g/mol. The molecule has 7 nitrogen and oxygen atoms in total. The zero-order valence-electron chi connectivity index (χ0n) is 21.5. The van der Waals surface area contributed by atoms with E-state index in [2.05, 4.69) is 4.99 Å². The predicted octanol–water partition coefficient (Wildman–Crippen LogP) is 5.10. The number of aromatic nitrogens is 1. The number of thiazole rings is 1. The second-order valence-corrected chi connectivity index (χ2v) is 11.0. The molecule has 0 radical (unpaired) electrons. The Kier molecular flexibility index (Phi) is 8.02. The van der Waals surface area contributed by atoms with Crippen LogP contribution in [0, 0.1) is 0 Å². The molecule has 0 saturated heterocycles. The Hall–Kier alpha value is -3.66. The second kappa shape index (κ2) is 11.6. The van der Waals surface area contributed by atoms with Crippen molar-refractivity contribution in [2.24, 2.45) is 4.99 Å². The molecule has 0 unspecified atom stereocenters. The molecule has 3 heterocycles. The van der Waals surface area contributed by atoms with E-state index in [0.717, 1.165) is 10.4 Å². The number of rotatable bonds is 8. The highest BCUT2D eigenvalue weighted by Crippen LogP contribution is 2.34. The molecule has 1 aliphatic heterocycles. The number of methoxy groups -OCH3 is 1. The Labute approximate surface area is 237 Å². The summed E-state index contributed by atoms with van der Waals surface area (Å²) in [7, 11) is 1.57. The van der Waals surface area contributed by atoms with Gasteiger partial charge in [-0.05, 0) is 55.1 Å². The lowest BCUT2D eigenvalue weighted by Gasteiger charge is -2.23. The molecule has 1 atom stereocenters. The molecule has 10 heteroatoms. The molecule has 200 valence electrons. The number of carbonyl (C=O) groups is 1.